The zero-order chi connectivity index (χ0) is 21.1. The number of ether oxygens (including phenoxy) is 3. The second-order valence-corrected chi connectivity index (χ2v) is 6.97. The van der Waals surface area contributed by atoms with Gasteiger partial charge < -0.3 is 30.1 Å². The van der Waals surface area contributed by atoms with Gasteiger partial charge in [0.05, 0.1) is 0 Å². The standard InChI is InChI=1S/C20H29N5O4.ClH/c1-4-11-27-16-7-5-6-8-17(16)28-13-15(26)12-22-20(2,3)14-29-19-10-9-18(23-21)24-25-19;/h4-10,15,22,26H,1,11-14,21H2,2-3H3,(H,23,24);1H. The Morgan fingerprint density at radius 3 is 2.43 bits per heavy atom. The fourth-order valence-electron chi connectivity index (χ4n) is 2.26. The van der Waals surface area contributed by atoms with Crippen LogP contribution in [0.5, 0.6) is 17.4 Å². The van der Waals surface area contributed by atoms with Crippen LogP contribution >= 0.6 is 12.4 Å². The van der Waals surface area contributed by atoms with Crippen LogP contribution in [0.25, 0.3) is 0 Å². The van der Waals surface area contributed by atoms with Crippen LogP contribution in [0, 0.1) is 0 Å². The van der Waals surface area contributed by atoms with E-state index in [0.717, 1.165) is 0 Å². The van der Waals surface area contributed by atoms with Gasteiger partial charge in [0, 0.05) is 18.2 Å². The molecule has 0 aliphatic rings. The molecule has 30 heavy (non-hydrogen) atoms. The fourth-order valence-corrected chi connectivity index (χ4v) is 2.26. The zero-order valence-corrected chi connectivity index (χ0v) is 18.0. The molecule has 1 aromatic carbocycles. The summed E-state index contributed by atoms with van der Waals surface area (Å²) in [4.78, 5) is 0. The predicted octanol–water partition coefficient (Wildman–Crippen LogP) is 1.94. The van der Waals surface area contributed by atoms with Gasteiger partial charge in [-0.25, -0.2) is 5.84 Å². The van der Waals surface area contributed by atoms with Crippen molar-refractivity contribution in [3.63, 3.8) is 0 Å². The van der Waals surface area contributed by atoms with Gasteiger partial charge in [0.15, 0.2) is 17.3 Å². The summed E-state index contributed by atoms with van der Waals surface area (Å²) in [5.41, 5.74) is 2.00. The Hall–Kier alpha value is -2.59. The number of nitrogens with zero attached hydrogens (tertiary/aromatic N) is 2. The van der Waals surface area contributed by atoms with Crippen molar-refractivity contribution in [2.75, 3.05) is 31.8 Å². The van der Waals surface area contributed by atoms with E-state index in [1.807, 2.05) is 32.0 Å². The summed E-state index contributed by atoms with van der Waals surface area (Å²) in [7, 11) is 0. The van der Waals surface area contributed by atoms with E-state index in [0.29, 0.717) is 43.0 Å². The first kappa shape index (κ1) is 25.4. The number of nitrogens with one attached hydrogen (secondary N) is 2. The van der Waals surface area contributed by atoms with Crippen LogP contribution in [-0.4, -0.2) is 53.3 Å². The van der Waals surface area contributed by atoms with Crippen LogP contribution in [0.4, 0.5) is 5.82 Å². The molecular weight excluding hydrogens is 410 g/mol. The van der Waals surface area contributed by atoms with E-state index in [2.05, 4.69) is 27.5 Å². The van der Waals surface area contributed by atoms with Crippen molar-refractivity contribution in [3.05, 3.63) is 49.1 Å². The monoisotopic (exact) mass is 439 g/mol. The molecule has 2 aromatic rings. The van der Waals surface area contributed by atoms with E-state index in [4.69, 9.17) is 20.1 Å². The second-order valence-electron chi connectivity index (χ2n) is 6.97. The number of nitrogens with two attached hydrogens (primary N) is 1. The lowest BCUT2D eigenvalue weighted by molar-refractivity contribution is 0.0907. The molecule has 0 spiro atoms. The van der Waals surface area contributed by atoms with Crippen molar-refractivity contribution >= 4 is 18.2 Å². The molecule has 9 nitrogen and oxygen atoms in total. The maximum absolute atomic E-state index is 10.3. The lowest BCUT2D eigenvalue weighted by atomic mass is 10.1. The third-order valence-corrected chi connectivity index (χ3v) is 3.82. The highest BCUT2D eigenvalue weighted by atomic mass is 35.5. The minimum absolute atomic E-state index is 0. The Morgan fingerprint density at radius 2 is 1.83 bits per heavy atom. The molecule has 1 atom stereocenters. The molecule has 0 aliphatic carbocycles. The van der Waals surface area contributed by atoms with Gasteiger partial charge in [0.1, 0.15) is 25.9 Å². The summed E-state index contributed by atoms with van der Waals surface area (Å²) in [5, 5.41) is 21.3. The predicted molar refractivity (Wildman–Crippen MR) is 118 cm³/mol. The van der Waals surface area contributed by atoms with E-state index in [-0.39, 0.29) is 19.0 Å². The van der Waals surface area contributed by atoms with Gasteiger partial charge in [-0.15, -0.1) is 22.6 Å². The number of β-amino-alcohol motifs (C(OH)–C–C–N with tert-alkyl or cyclic N) is 1. The van der Waals surface area contributed by atoms with E-state index in [1.165, 1.54) is 0 Å². The van der Waals surface area contributed by atoms with Crippen molar-refractivity contribution in [1.29, 1.82) is 0 Å². The van der Waals surface area contributed by atoms with Crippen LogP contribution in [0.15, 0.2) is 49.1 Å². The van der Waals surface area contributed by atoms with Gasteiger partial charge in [-0.2, -0.15) is 0 Å². The topological polar surface area (TPSA) is 124 Å². The summed E-state index contributed by atoms with van der Waals surface area (Å²) in [6.07, 6.45) is 0.950. The highest BCUT2D eigenvalue weighted by molar-refractivity contribution is 5.85. The molecule has 5 N–H and O–H groups in total. The number of para-hydroxylation sites is 2. The van der Waals surface area contributed by atoms with E-state index >= 15 is 0 Å². The number of halogens is 1. The summed E-state index contributed by atoms with van der Waals surface area (Å²) < 4.78 is 16.9. The smallest absolute Gasteiger partial charge is 0.233 e. The Kier molecular flexibility index (Phi) is 10.9. The lowest BCUT2D eigenvalue weighted by Gasteiger charge is -2.27. The molecule has 0 saturated heterocycles. The fraction of sp³-hybridized carbons (Fsp3) is 0.400. The van der Waals surface area contributed by atoms with E-state index < -0.39 is 11.6 Å². The normalized spacial score (nSPS) is 11.7. The van der Waals surface area contributed by atoms with Gasteiger partial charge >= 0.3 is 0 Å². The minimum atomic E-state index is -0.712. The number of hydrogen-bond acceptors (Lipinski definition) is 9. The molecule has 0 fully saturated rings. The molecule has 1 aromatic heterocycles. The van der Waals surface area contributed by atoms with Crippen molar-refractivity contribution in [3.8, 4) is 17.4 Å². The molecule has 2 rings (SSSR count). The Labute approximate surface area is 183 Å². The third-order valence-electron chi connectivity index (χ3n) is 3.82. The van der Waals surface area contributed by atoms with Gasteiger partial charge in [0.25, 0.3) is 0 Å². The highest BCUT2D eigenvalue weighted by Crippen LogP contribution is 2.26. The average Bonchev–Trinajstić information content (AvgIpc) is 2.74. The highest BCUT2D eigenvalue weighted by Gasteiger charge is 2.20. The van der Waals surface area contributed by atoms with Gasteiger partial charge in [-0.3, -0.25) is 0 Å². The molecule has 1 heterocycles. The molecule has 1 unspecified atom stereocenters. The van der Waals surface area contributed by atoms with E-state index in [1.54, 1.807) is 24.3 Å². The molecule has 166 valence electrons. The number of hydrazine groups is 1. The van der Waals surface area contributed by atoms with Crippen LogP contribution in [0.1, 0.15) is 13.8 Å². The molecule has 0 amide bonds. The number of hydrogen-bond donors (Lipinski definition) is 4. The SMILES string of the molecule is C=CCOc1ccccc1OCC(O)CNC(C)(C)COc1ccc(NN)nn1.Cl. The first-order valence-corrected chi connectivity index (χ1v) is 9.25. The number of aromatic nitrogens is 2. The van der Waals surface area contributed by atoms with Crippen LogP contribution in [0.3, 0.4) is 0 Å². The van der Waals surface area contributed by atoms with E-state index in [9.17, 15) is 5.11 Å². The molecule has 10 heteroatoms. The van der Waals surface area contributed by atoms with Gasteiger partial charge in [0.2, 0.25) is 5.88 Å². The second kappa shape index (κ2) is 12.9. The zero-order valence-electron chi connectivity index (χ0n) is 17.2. The lowest BCUT2D eigenvalue weighted by Crippen LogP contribution is -2.48. The quantitative estimate of drug-likeness (QED) is 0.210. The first-order chi connectivity index (χ1) is 13.9. The van der Waals surface area contributed by atoms with Crippen LogP contribution in [-0.2, 0) is 0 Å². The van der Waals surface area contributed by atoms with Crippen molar-refractivity contribution in [1.82, 2.24) is 15.5 Å². The Morgan fingerprint density at radius 1 is 1.13 bits per heavy atom. The number of aliphatic hydroxyl groups excluding tert-OH is 1. The van der Waals surface area contributed by atoms with Crippen LogP contribution < -0.4 is 30.8 Å². The van der Waals surface area contributed by atoms with Crippen molar-refractivity contribution in [2.45, 2.75) is 25.5 Å². The molecule has 0 saturated carbocycles. The molecule has 0 bridgehead atoms. The Bertz CT molecular complexity index is 761. The summed E-state index contributed by atoms with van der Waals surface area (Å²) in [5.74, 6) is 7.28. The number of benzene rings is 1. The third kappa shape index (κ3) is 8.83. The maximum Gasteiger partial charge on any atom is 0.233 e. The largest absolute Gasteiger partial charge is 0.487 e. The number of rotatable bonds is 13. The van der Waals surface area contributed by atoms with Gasteiger partial charge in [-0.1, -0.05) is 24.8 Å². The molecule has 0 aliphatic heterocycles. The maximum atomic E-state index is 10.3. The minimum Gasteiger partial charge on any atom is -0.487 e. The molecule has 0 radical (unpaired) electrons. The average molecular weight is 440 g/mol. The Balaban J connectivity index is 0.00000450. The molecular formula is C20H30ClN5O4. The number of anilines is 1. The number of nitrogen functional groups attached to an aromatic ring is 1. The summed E-state index contributed by atoms with van der Waals surface area (Å²) in [6, 6.07) is 10.6. The first-order valence-electron chi connectivity index (χ1n) is 9.25. The summed E-state index contributed by atoms with van der Waals surface area (Å²) in [6.45, 7) is 8.72. The van der Waals surface area contributed by atoms with Crippen molar-refractivity contribution < 1.29 is 19.3 Å². The van der Waals surface area contributed by atoms with Crippen molar-refractivity contribution in [2.24, 2.45) is 5.84 Å². The summed E-state index contributed by atoms with van der Waals surface area (Å²) >= 11 is 0. The van der Waals surface area contributed by atoms with Crippen LogP contribution in [0.2, 0.25) is 0 Å². The van der Waals surface area contributed by atoms with Gasteiger partial charge in [-0.05, 0) is 32.0 Å². The number of aliphatic hydroxyl groups is 1.